The van der Waals surface area contributed by atoms with E-state index in [2.05, 4.69) is 16.0 Å². The Kier molecular flexibility index (Phi) is 9.60. The predicted octanol–water partition coefficient (Wildman–Crippen LogP) is 3.55. The Balaban J connectivity index is 0.00000420. The number of benzene rings is 2. The number of ether oxygens (including phenoxy) is 1. The van der Waals surface area contributed by atoms with E-state index in [-0.39, 0.29) is 36.1 Å². The lowest BCUT2D eigenvalue weighted by atomic mass is 10.1. The van der Waals surface area contributed by atoms with Crippen molar-refractivity contribution < 1.29 is 27.5 Å². The fourth-order valence-electron chi connectivity index (χ4n) is 2.30. The molecular formula is C19H21ClF3N3O3. The van der Waals surface area contributed by atoms with Crippen molar-refractivity contribution in [2.45, 2.75) is 6.18 Å². The first kappa shape index (κ1) is 24.4. The van der Waals surface area contributed by atoms with E-state index in [4.69, 9.17) is 4.74 Å². The van der Waals surface area contributed by atoms with Crippen LogP contribution in [0.4, 0.5) is 24.5 Å². The summed E-state index contributed by atoms with van der Waals surface area (Å²) in [5.41, 5.74) is -0.235. The normalized spacial score (nSPS) is 10.8. The van der Waals surface area contributed by atoms with E-state index >= 15 is 0 Å². The summed E-state index contributed by atoms with van der Waals surface area (Å²) in [4.78, 5) is 24.2. The molecule has 29 heavy (non-hydrogen) atoms. The Morgan fingerprint density at radius 2 is 1.66 bits per heavy atom. The number of amides is 2. The topological polar surface area (TPSA) is 79.5 Å². The van der Waals surface area contributed by atoms with Gasteiger partial charge >= 0.3 is 6.18 Å². The standard InChI is InChI=1S/C19H20F3N3O3.ClH/c1-28-9-8-23-12-17(26)24-15-6-2-4-13(10-15)18(27)25-16-7-3-5-14(11-16)19(20,21)22;/h2-7,10-11,23H,8-9,12H2,1H3,(H,24,26)(H,25,27);1H. The first-order chi connectivity index (χ1) is 13.3. The van der Waals surface area contributed by atoms with E-state index in [1.54, 1.807) is 19.2 Å². The zero-order chi connectivity index (χ0) is 20.6. The smallest absolute Gasteiger partial charge is 0.383 e. The van der Waals surface area contributed by atoms with Crippen LogP contribution in [0.2, 0.25) is 0 Å². The van der Waals surface area contributed by atoms with Crippen molar-refractivity contribution in [2.24, 2.45) is 0 Å². The average molecular weight is 432 g/mol. The molecule has 0 bridgehead atoms. The van der Waals surface area contributed by atoms with E-state index in [1.165, 1.54) is 24.3 Å². The monoisotopic (exact) mass is 431 g/mol. The summed E-state index contributed by atoms with van der Waals surface area (Å²) in [6.07, 6.45) is -4.50. The van der Waals surface area contributed by atoms with Crippen LogP contribution in [-0.4, -0.2) is 38.6 Å². The molecule has 0 unspecified atom stereocenters. The highest BCUT2D eigenvalue weighted by Gasteiger charge is 2.30. The maximum atomic E-state index is 12.8. The number of halogens is 4. The number of hydrogen-bond acceptors (Lipinski definition) is 4. The molecule has 2 rings (SSSR count). The molecule has 0 aliphatic rings. The number of carbonyl (C=O) groups is 2. The minimum atomic E-state index is -4.50. The maximum Gasteiger partial charge on any atom is 0.416 e. The Morgan fingerprint density at radius 3 is 2.31 bits per heavy atom. The summed E-state index contributed by atoms with van der Waals surface area (Å²) in [7, 11) is 1.55. The number of hydrogen-bond donors (Lipinski definition) is 3. The Morgan fingerprint density at radius 1 is 1.00 bits per heavy atom. The van der Waals surface area contributed by atoms with Crippen LogP contribution in [-0.2, 0) is 15.7 Å². The van der Waals surface area contributed by atoms with Gasteiger partial charge in [-0.05, 0) is 36.4 Å². The van der Waals surface area contributed by atoms with E-state index in [9.17, 15) is 22.8 Å². The lowest BCUT2D eigenvalue weighted by Crippen LogP contribution is -2.30. The molecule has 0 aliphatic heterocycles. The molecule has 0 aliphatic carbocycles. The van der Waals surface area contributed by atoms with Crippen LogP contribution in [0, 0.1) is 0 Å². The molecule has 0 aromatic heterocycles. The molecule has 2 aromatic rings. The van der Waals surface area contributed by atoms with Crippen LogP contribution >= 0.6 is 12.4 Å². The van der Waals surface area contributed by atoms with Gasteiger partial charge < -0.3 is 20.7 Å². The van der Waals surface area contributed by atoms with Crippen molar-refractivity contribution in [1.82, 2.24) is 5.32 Å². The van der Waals surface area contributed by atoms with Crippen LogP contribution < -0.4 is 16.0 Å². The molecular weight excluding hydrogens is 411 g/mol. The van der Waals surface area contributed by atoms with Crippen LogP contribution in [0.5, 0.6) is 0 Å². The minimum Gasteiger partial charge on any atom is -0.383 e. The molecule has 2 aromatic carbocycles. The van der Waals surface area contributed by atoms with E-state index in [1.807, 2.05) is 0 Å². The average Bonchev–Trinajstić information content (AvgIpc) is 2.65. The van der Waals surface area contributed by atoms with Crippen molar-refractivity contribution in [3.05, 3.63) is 59.7 Å². The third-order valence-corrected chi connectivity index (χ3v) is 3.62. The highest BCUT2D eigenvalue weighted by Crippen LogP contribution is 2.30. The Hall–Kier alpha value is -2.62. The molecule has 0 spiro atoms. The summed E-state index contributed by atoms with van der Waals surface area (Å²) in [5, 5.41) is 7.94. The largest absolute Gasteiger partial charge is 0.416 e. The van der Waals surface area contributed by atoms with Crippen molar-refractivity contribution in [2.75, 3.05) is 37.4 Å². The second-order valence-electron chi connectivity index (χ2n) is 5.83. The molecule has 0 atom stereocenters. The van der Waals surface area contributed by atoms with Gasteiger partial charge in [-0.15, -0.1) is 12.4 Å². The van der Waals surface area contributed by atoms with Gasteiger partial charge in [-0.25, -0.2) is 0 Å². The molecule has 2 amide bonds. The highest BCUT2D eigenvalue weighted by atomic mass is 35.5. The van der Waals surface area contributed by atoms with Crippen molar-refractivity contribution in [1.29, 1.82) is 0 Å². The lowest BCUT2D eigenvalue weighted by Gasteiger charge is -2.11. The maximum absolute atomic E-state index is 12.8. The molecule has 6 nitrogen and oxygen atoms in total. The molecule has 10 heteroatoms. The molecule has 0 heterocycles. The molecule has 0 radical (unpaired) electrons. The van der Waals surface area contributed by atoms with Crippen LogP contribution in [0.15, 0.2) is 48.5 Å². The summed E-state index contributed by atoms with van der Waals surface area (Å²) < 4.78 is 43.2. The SMILES string of the molecule is COCCNCC(=O)Nc1cccc(C(=O)Nc2cccc(C(F)(F)F)c2)c1.Cl. The second-order valence-corrected chi connectivity index (χ2v) is 5.83. The number of alkyl halides is 3. The fraction of sp³-hybridized carbons (Fsp3) is 0.263. The zero-order valence-corrected chi connectivity index (χ0v) is 16.3. The first-order valence-electron chi connectivity index (χ1n) is 8.38. The van der Waals surface area contributed by atoms with Gasteiger partial charge in [-0.1, -0.05) is 12.1 Å². The van der Waals surface area contributed by atoms with E-state index in [0.717, 1.165) is 12.1 Å². The summed E-state index contributed by atoms with van der Waals surface area (Å²) in [5.74, 6) is -0.889. The second kappa shape index (κ2) is 11.4. The number of rotatable bonds is 8. The van der Waals surface area contributed by atoms with Gasteiger partial charge in [0, 0.05) is 30.6 Å². The third kappa shape index (κ3) is 8.10. The van der Waals surface area contributed by atoms with E-state index in [0.29, 0.717) is 18.8 Å². The number of anilines is 2. The van der Waals surface area contributed by atoms with Gasteiger partial charge in [0.15, 0.2) is 0 Å². The highest BCUT2D eigenvalue weighted by molar-refractivity contribution is 6.05. The van der Waals surface area contributed by atoms with Crippen LogP contribution in [0.25, 0.3) is 0 Å². The van der Waals surface area contributed by atoms with Crippen molar-refractivity contribution >= 4 is 35.6 Å². The van der Waals surface area contributed by atoms with Crippen molar-refractivity contribution in [3.8, 4) is 0 Å². The van der Waals surface area contributed by atoms with Gasteiger partial charge in [0.2, 0.25) is 5.91 Å². The van der Waals surface area contributed by atoms with Gasteiger partial charge in [-0.3, -0.25) is 9.59 Å². The number of carbonyl (C=O) groups excluding carboxylic acids is 2. The number of nitrogens with one attached hydrogen (secondary N) is 3. The van der Waals surface area contributed by atoms with Gasteiger partial charge in [-0.2, -0.15) is 13.2 Å². The molecule has 0 saturated heterocycles. The van der Waals surface area contributed by atoms with Crippen LogP contribution in [0.3, 0.4) is 0 Å². The van der Waals surface area contributed by atoms with Crippen molar-refractivity contribution in [3.63, 3.8) is 0 Å². The summed E-state index contributed by atoms with van der Waals surface area (Å²) >= 11 is 0. The lowest BCUT2D eigenvalue weighted by molar-refractivity contribution is -0.137. The quantitative estimate of drug-likeness (QED) is 0.558. The van der Waals surface area contributed by atoms with Gasteiger partial charge in [0.1, 0.15) is 0 Å². The Bertz CT molecular complexity index is 832. The predicted molar refractivity (Wildman–Crippen MR) is 106 cm³/mol. The molecule has 0 saturated carbocycles. The molecule has 0 fully saturated rings. The summed E-state index contributed by atoms with van der Waals surface area (Å²) in [6, 6.07) is 10.5. The first-order valence-corrected chi connectivity index (χ1v) is 8.38. The Labute approximate surface area is 172 Å². The molecule has 158 valence electrons. The third-order valence-electron chi connectivity index (χ3n) is 3.62. The van der Waals surface area contributed by atoms with Crippen LogP contribution in [0.1, 0.15) is 15.9 Å². The van der Waals surface area contributed by atoms with E-state index < -0.39 is 17.6 Å². The summed E-state index contributed by atoms with van der Waals surface area (Å²) in [6.45, 7) is 1.06. The zero-order valence-electron chi connectivity index (χ0n) is 15.5. The minimum absolute atomic E-state index is 0. The number of methoxy groups -OCH3 is 1. The molecule has 3 N–H and O–H groups in total. The van der Waals surface area contributed by atoms with Gasteiger partial charge in [0.25, 0.3) is 5.91 Å². The van der Waals surface area contributed by atoms with Gasteiger partial charge in [0.05, 0.1) is 18.7 Å². The fourth-order valence-corrected chi connectivity index (χ4v) is 2.30.